The first-order chi connectivity index (χ1) is 12.8. The molecule has 27 heavy (non-hydrogen) atoms. The van der Waals surface area contributed by atoms with Gasteiger partial charge >= 0.3 is 5.97 Å². The molecule has 1 fully saturated rings. The number of likely N-dealkylation sites (tertiary alicyclic amines) is 1. The Kier molecular flexibility index (Phi) is 7.16. The maximum absolute atomic E-state index is 12.8. The Hall–Kier alpha value is -2.63. The predicted molar refractivity (Wildman–Crippen MR) is 103 cm³/mol. The van der Waals surface area contributed by atoms with E-state index in [2.05, 4.69) is 5.32 Å². The van der Waals surface area contributed by atoms with Crippen LogP contribution < -0.4 is 5.32 Å². The summed E-state index contributed by atoms with van der Waals surface area (Å²) in [6.07, 6.45) is 3.59. The van der Waals surface area contributed by atoms with Crippen molar-refractivity contribution in [3.05, 3.63) is 41.6 Å². The molecule has 3 atom stereocenters. The summed E-state index contributed by atoms with van der Waals surface area (Å²) >= 11 is 0. The van der Waals surface area contributed by atoms with E-state index in [9.17, 15) is 14.4 Å². The Morgan fingerprint density at radius 2 is 1.74 bits per heavy atom. The molecule has 0 spiro atoms. The Balaban J connectivity index is 2.12. The van der Waals surface area contributed by atoms with Crippen molar-refractivity contribution in [2.75, 3.05) is 0 Å². The van der Waals surface area contributed by atoms with Crippen molar-refractivity contribution in [1.82, 2.24) is 10.2 Å². The summed E-state index contributed by atoms with van der Waals surface area (Å²) in [6, 6.07) is 9.37. The number of hydrogen-bond acceptors (Lipinski definition) is 4. The van der Waals surface area contributed by atoms with Gasteiger partial charge in [0, 0.05) is 19.0 Å². The van der Waals surface area contributed by atoms with E-state index >= 15 is 0 Å². The molecule has 1 aromatic rings. The van der Waals surface area contributed by atoms with E-state index in [1.54, 1.807) is 24.0 Å². The zero-order chi connectivity index (χ0) is 20.0. The Morgan fingerprint density at radius 1 is 1.15 bits per heavy atom. The lowest BCUT2D eigenvalue weighted by Crippen LogP contribution is -2.51. The van der Waals surface area contributed by atoms with E-state index in [0.717, 1.165) is 24.8 Å². The Bertz CT molecular complexity index is 704. The minimum absolute atomic E-state index is 0.00749. The molecule has 1 saturated heterocycles. The molecule has 0 saturated carbocycles. The molecular formula is C21H28N2O4. The highest BCUT2D eigenvalue weighted by Crippen LogP contribution is 2.24. The van der Waals surface area contributed by atoms with Crippen molar-refractivity contribution in [2.45, 2.75) is 65.1 Å². The van der Waals surface area contributed by atoms with Gasteiger partial charge in [0.2, 0.25) is 5.91 Å². The van der Waals surface area contributed by atoms with Gasteiger partial charge in [0.05, 0.1) is 0 Å². The van der Waals surface area contributed by atoms with Crippen molar-refractivity contribution in [3.8, 4) is 0 Å². The Labute approximate surface area is 160 Å². The van der Waals surface area contributed by atoms with Crippen LogP contribution in [0.15, 0.2) is 36.0 Å². The van der Waals surface area contributed by atoms with Gasteiger partial charge in [-0.05, 0) is 51.7 Å². The van der Waals surface area contributed by atoms with Crippen molar-refractivity contribution < 1.29 is 19.1 Å². The van der Waals surface area contributed by atoms with Gasteiger partial charge in [-0.1, -0.05) is 30.3 Å². The first-order valence-corrected chi connectivity index (χ1v) is 9.37. The third-order valence-corrected chi connectivity index (χ3v) is 4.72. The SMILES string of the molecule is CC(=O)N/C(=C\c1ccccc1)C(=O)O[C@H](C)C(=O)N1[C@H](C)CCC[C@H]1C. The number of esters is 1. The van der Waals surface area contributed by atoms with E-state index in [4.69, 9.17) is 4.74 Å². The monoisotopic (exact) mass is 372 g/mol. The molecule has 0 aromatic heterocycles. The zero-order valence-corrected chi connectivity index (χ0v) is 16.4. The fraction of sp³-hybridized carbons (Fsp3) is 0.476. The molecule has 1 aromatic carbocycles. The predicted octanol–water partition coefficient (Wildman–Crippen LogP) is 2.88. The highest BCUT2D eigenvalue weighted by atomic mass is 16.5. The van der Waals surface area contributed by atoms with Gasteiger partial charge in [-0.25, -0.2) is 4.79 Å². The van der Waals surface area contributed by atoms with E-state index < -0.39 is 12.1 Å². The second kappa shape index (κ2) is 9.35. The van der Waals surface area contributed by atoms with Gasteiger partial charge < -0.3 is 15.0 Å². The van der Waals surface area contributed by atoms with Gasteiger partial charge in [-0.15, -0.1) is 0 Å². The van der Waals surface area contributed by atoms with Crippen molar-refractivity contribution >= 4 is 23.9 Å². The van der Waals surface area contributed by atoms with Crippen LogP contribution in [0, 0.1) is 0 Å². The maximum Gasteiger partial charge on any atom is 0.355 e. The molecule has 6 heteroatoms. The van der Waals surface area contributed by atoms with Gasteiger partial charge in [-0.3, -0.25) is 9.59 Å². The second-order valence-electron chi connectivity index (χ2n) is 7.07. The lowest BCUT2D eigenvalue weighted by Gasteiger charge is -2.40. The second-order valence-corrected chi connectivity index (χ2v) is 7.07. The molecule has 146 valence electrons. The van der Waals surface area contributed by atoms with Crippen molar-refractivity contribution in [3.63, 3.8) is 0 Å². The lowest BCUT2D eigenvalue weighted by molar-refractivity contribution is -0.159. The number of nitrogens with one attached hydrogen (secondary N) is 1. The number of ether oxygens (including phenoxy) is 1. The minimum atomic E-state index is -0.923. The average Bonchev–Trinajstić information content (AvgIpc) is 2.61. The quantitative estimate of drug-likeness (QED) is 0.637. The molecule has 0 bridgehead atoms. The summed E-state index contributed by atoms with van der Waals surface area (Å²) in [4.78, 5) is 38.6. The molecule has 1 N–H and O–H groups in total. The fourth-order valence-electron chi connectivity index (χ4n) is 3.39. The standard InChI is InChI=1S/C21H28N2O4/c1-14-9-8-10-15(2)23(14)20(25)16(3)27-21(26)19(22-17(4)24)13-18-11-6-5-7-12-18/h5-7,11-16H,8-10H2,1-4H3,(H,22,24)/b19-13-/t14-,15-,16-/m1/s1. The Morgan fingerprint density at radius 3 is 2.30 bits per heavy atom. The molecule has 1 aliphatic rings. The average molecular weight is 372 g/mol. The van der Waals surface area contributed by atoms with Crippen LogP contribution in [-0.4, -0.2) is 40.9 Å². The molecule has 1 heterocycles. The van der Waals surface area contributed by atoms with E-state index in [1.165, 1.54) is 13.0 Å². The van der Waals surface area contributed by atoms with Crippen LogP contribution in [0.1, 0.15) is 52.5 Å². The summed E-state index contributed by atoms with van der Waals surface area (Å²) in [7, 11) is 0. The van der Waals surface area contributed by atoms with Gasteiger partial charge in [0.1, 0.15) is 5.70 Å². The molecule has 6 nitrogen and oxygen atoms in total. The van der Waals surface area contributed by atoms with Crippen LogP contribution in [-0.2, 0) is 19.1 Å². The summed E-state index contributed by atoms with van der Waals surface area (Å²) in [5, 5.41) is 2.49. The third-order valence-electron chi connectivity index (χ3n) is 4.72. The molecule has 0 aliphatic carbocycles. The van der Waals surface area contributed by atoms with E-state index in [-0.39, 0.29) is 29.6 Å². The van der Waals surface area contributed by atoms with Gasteiger partial charge in [0.15, 0.2) is 6.10 Å². The molecule has 1 aliphatic heterocycles. The number of benzene rings is 1. The molecule has 0 radical (unpaired) electrons. The summed E-state index contributed by atoms with van der Waals surface area (Å²) in [5.74, 6) is -1.32. The third kappa shape index (κ3) is 5.67. The maximum atomic E-state index is 12.8. The summed E-state index contributed by atoms with van der Waals surface area (Å²) < 4.78 is 5.38. The molecular weight excluding hydrogens is 344 g/mol. The topological polar surface area (TPSA) is 75.7 Å². The molecule has 2 rings (SSSR count). The number of hydrogen-bond donors (Lipinski definition) is 1. The van der Waals surface area contributed by atoms with E-state index in [0.29, 0.717) is 0 Å². The highest BCUT2D eigenvalue weighted by molar-refractivity contribution is 5.98. The van der Waals surface area contributed by atoms with E-state index in [1.807, 2.05) is 32.0 Å². The number of carbonyl (C=O) groups is 3. The molecule has 2 amide bonds. The van der Waals surface area contributed by atoms with Crippen LogP contribution in [0.3, 0.4) is 0 Å². The van der Waals surface area contributed by atoms with Crippen LogP contribution in [0.4, 0.5) is 0 Å². The molecule has 0 unspecified atom stereocenters. The van der Waals surface area contributed by atoms with Crippen LogP contribution >= 0.6 is 0 Å². The van der Waals surface area contributed by atoms with Gasteiger partial charge in [0.25, 0.3) is 5.91 Å². The van der Waals surface area contributed by atoms with Gasteiger partial charge in [-0.2, -0.15) is 0 Å². The minimum Gasteiger partial charge on any atom is -0.448 e. The van der Waals surface area contributed by atoms with Crippen molar-refractivity contribution in [1.29, 1.82) is 0 Å². The number of nitrogens with zero attached hydrogens (tertiary/aromatic N) is 1. The zero-order valence-electron chi connectivity index (χ0n) is 16.4. The first-order valence-electron chi connectivity index (χ1n) is 9.37. The summed E-state index contributed by atoms with van der Waals surface area (Å²) in [5.41, 5.74) is 0.753. The number of piperidine rings is 1. The first kappa shape index (κ1) is 20.7. The smallest absolute Gasteiger partial charge is 0.355 e. The van der Waals surface area contributed by atoms with Crippen molar-refractivity contribution in [2.24, 2.45) is 0 Å². The van der Waals surface area contributed by atoms with Crippen LogP contribution in [0.25, 0.3) is 6.08 Å². The highest BCUT2D eigenvalue weighted by Gasteiger charge is 2.33. The fourth-order valence-corrected chi connectivity index (χ4v) is 3.39. The number of carbonyl (C=O) groups excluding carboxylic acids is 3. The van der Waals surface area contributed by atoms with Crippen LogP contribution in [0.5, 0.6) is 0 Å². The summed E-state index contributed by atoms with van der Waals surface area (Å²) in [6.45, 7) is 6.92. The number of rotatable bonds is 5. The van der Waals surface area contributed by atoms with Crippen LogP contribution in [0.2, 0.25) is 0 Å². The lowest BCUT2D eigenvalue weighted by atomic mass is 9.97. The normalized spacial score (nSPS) is 21.3. The number of amides is 2. The largest absolute Gasteiger partial charge is 0.448 e.